The third-order valence-electron chi connectivity index (χ3n) is 3.53. The monoisotopic (exact) mass is 362 g/mol. The molecule has 0 fully saturated rings. The highest BCUT2D eigenvalue weighted by molar-refractivity contribution is 6.31. The Labute approximate surface area is 148 Å². The van der Waals surface area contributed by atoms with Gasteiger partial charge in [0, 0.05) is 22.7 Å². The van der Waals surface area contributed by atoms with Crippen LogP contribution in [0.25, 0.3) is 0 Å². The lowest BCUT2D eigenvalue weighted by atomic mass is 10.1. The number of nitro benzene ring substituents is 1. The number of carbonyl (C=O) groups is 2. The lowest BCUT2D eigenvalue weighted by molar-refractivity contribution is -0.384. The zero-order valence-corrected chi connectivity index (χ0v) is 14.2. The lowest BCUT2D eigenvalue weighted by Crippen LogP contribution is -2.27. The SMILES string of the molecule is COC(=O)c1cc(C(=O)NC(C)c2ccccc2Cl)cc([N+](=O)[O-])c1. The average molecular weight is 363 g/mol. The van der Waals surface area contributed by atoms with Gasteiger partial charge in [0.05, 0.1) is 23.6 Å². The van der Waals surface area contributed by atoms with Crippen molar-refractivity contribution in [1.82, 2.24) is 5.32 Å². The standard InChI is InChI=1S/C17H15ClN2O5/c1-10(14-5-3-4-6-15(14)18)19-16(21)11-7-12(17(22)25-2)9-13(8-11)20(23)24/h3-10H,1-2H3,(H,19,21). The number of rotatable bonds is 5. The Hall–Kier alpha value is -2.93. The highest BCUT2D eigenvalue weighted by Crippen LogP contribution is 2.23. The van der Waals surface area contributed by atoms with E-state index in [-0.39, 0.29) is 16.8 Å². The summed E-state index contributed by atoms with van der Waals surface area (Å²) in [5, 5.41) is 14.2. The van der Waals surface area contributed by atoms with Crippen LogP contribution in [0.4, 0.5) is 5.69 Å². The Morgan fingerprint density at radius 2 is 1.84 bits per heavy atom. The molecule has 0 aromatic heterocycles. The van der Waals surface area contributed by atoms with Crippen molar-refractivity contribution >= 4 is 29.2 Å². The smallest absolute Gasteiger partial charge is 0.338 e. The molecular weight excluding hydrogens is 348 g/mol. The first-order chi connectivity index (χ1) is 11.8. The summed E-state index contributed by atoms with van der Waals surface area (Å²) in [5.74, 6) is -1.34. The number of ether oxygens (including phenoxy) is 1. The summed E-state index contributed by atoms with van der Waals surface area (Å²) < 4.78 is 4.56. The van der Waals surface area contributed by atoms with E-state index in [1.54, 1.807) is 31.2 Å². The van der Waals surface area contributed by atoms with Gasteiger partial charge >= 0.3 is 5.97 Å². The molecule has 0 heterocycles. The normalized spacial score (nSPS) is 11.5. The molecule has 0 saturated carbocycles. The molecule has 0 aliphatic rings. The van der Waals surface area contributed by atoms with Gasteiger partial charge in [0.15, 0.2) is 0 Å². The maximum atomic E-state index is 12.4. The zero-order valence-electron chi connectivity index (χ0n) is 13.5. The Kier molecular flexibility index (Phi) is 5.71. The summed E-state index contributed by atoms with van der Waals surface area (Å²) in [6.45, 7) is 1.73. The van der Waals surface area contributed by atoms with Crippen molar-refractivity contribution in [1.29, 1.82) is 0 Å². The molecule has 7 nitrogen and oxygen atoms in total. The first-order valence-electron chi connectivity index (χ1n) is 7.26. The van der Waals surface area contributed by atoms with Crippen molar-refractivity contribution in [3.63, 3.8) is 0 Å². The van der Waals surface area contributed by atoms with Crippen LogP contribution in [0.5, 0.6) is 0 Å². The molecule has 2 rings (SSSR count). The summed E-state index contributed by atoms with van der Waals surface area (Å²) in [7, 11) is 1.15. The van der Waals surface area contributed by atoms with Crippen LogP contribution in [-0.2, 0) is 4.74 Å². The van der Waals surface area contributed by atoms with Gasteiger partial charge in [-0.05, 0) is 24.6 Å². The molecule has 25 heavy (non-hydrogen) atoms. The van der Waals surface area contributed by atoms with Gasteiger partial charge in [-0.1, -0.05) is 29.8 Å². The number of methoxy groups -OCH3 is 1. The summed E-state index contributed by atoms with van der Waals surface area (Å²) >= 11 is 6.10. The molecule has 0 bridgehead atoms. The molecule has 2 aromatic rings. The molecule has 8 heteroatoms. The minimum atomic E-state index is -0.767. The number of nitrogens with one attached hydrogen (secondary N) is 1. The minimum absolute atomic E-state index is 0.0199. The fourth-order valence-electron chi connectivity index (χ4n) is 2.27. The van der Waals surface area contributed by atoms with Crippen molar-refractivity contribution < 1.29 is 19.2 Å². The van der Waals surface area contributed by atoms with E-state index in [0.717, 1.165) is 19.2 Å². The van der Waals surface area contributed by atoms with E-state index in [2.05, 4.69) is 10.1 Å². The van der Waals surface area contributed by atoms with Crippen molar-refractivity contribution in [2.45, 2.75) is 13.0 Å². The third-order valence-corrected chi connectivity index (χ3v) is 3.88. The van der Waals surface area contributed by atoms with Crippen molar-refractivity contribution in [3.8, 4) is 0 Å². The highest BCUT2D eigenvalue weighted by atomic mass is 35.5. The van der Waals surface area contributed by atoms with E-state index in [4.69, 9.17) is 11.6 Å². The Morgan fingerprint density at radius 3 is 2.44 bits per heavy atom. The van der Waals surface area contributed by atoms with Gasteiger partial charge in [0.25, 0.3) is 11.6 Å². The van der Waals surface area contributed by atoms with E-state index in [1.807, 2.05) is 0 Å². The molecule has 1 N–H and O–H groups in total. The molecule has 1 amide bonds. The second-order valence-corrected chi connectivity index (χ2v) is 5.64. The van der Waals surface area contributed by atoms with E-state index < -0.39 is 22.8 Å². The number of halogens is 1. The van der Waals surface area contributed by atoms with Crippen LogP contribution in [0.15, 0.2) is 42.5 Å². The Balaban J connectivity index is 2.32. The largest absolute Gasteiger partial charge is 0.465 e. The minimum Gasteiger partial charge on any atom is -0.465 e. The zero-order chi connectivity index (χ0) is 18.6. The maximum Gasteiger partial charge on any atom is 0.338 e. The van der Waals surface area contributed by atoms with Crippen molar-refractivity contribution in [3.05, 3.63) is 74.3 Å². The number of carbonyl (C=O) groups excluding carboxylic acids is 2. The lowest BCUT2D eigenvalue weighted by Gasteiger charge is -2.16. The number of non-ortho nitro benzene ring substituents is 1. The van der Waals surface area contributed by atoms with E-state index in [0.29, 0.717) is 10.6 Å². The van der Waals surface area contributed by atoms with Gasteiger partial charge in [-0.2, -0.15) is 0 Å². The van der Waals surface area contributed by atoms with E-state index >= 15 is 0 Å². The average Bonchev–Trinajstić information content (AvgIpc) is 2.60. The molecule has 130 valence electrons. The number of nitrogens with zero attached hydrogens (tertiary/aromatic N) is 1. The number of esters is 1. The number of hydrogen-bond donors (Lipinski definition) is 1. The van der Waals surface area contributed by atoms with Crippen LogP contribution in [0.2, 0.25) is 5.02 Å². The van der Waals surface area contributed by atoms with Crippen LogP contribution < -0.4 is 5.32 Å². The summed E-state index contributed by atoms with van der Waals surface area (Å²) in [5.41, 5.74) is 0.232. The van der Waals surface area contributed by atoms with Gasteiger partial charge < -0.3 is 10.1 Å². The molecular formula is C17H15ClN2O5. The number of hydrogen-bond acceptors (Lipinski definition) is 5. The molecule has 0 saturated heterocycles. The van der Waals surface area contributed by atoms with Crippen LogP contribution >= 0.6 is 11.6 Å². The molecule has 1 unspecified atom stereocenters. The van der Waals surface area contributed by atoms with E-state index in [9.17, 15) is 19.7 Å². The van der Waals surface area contributed by atoms with Crippen LogP contribution in [0.1, 0.15) is 39.2 Å². The second kappa shape index (κ2) is 7.76. The highest BCUT2D eigenvalue weighted by Gasteiger charge is 2.20. The molecule has 0 aliphatic heterocycles. The number of benzene rings is 2. The second-order valence-electron chi connectivity index (χ2n) is 5.23. The quantitative estimate of drug-likeness (QED) is 0.498. The van der Waals surface area contributed by atoms with Crippen LogP contribution in [0.3, 0.4) is 0 Å². The summed E-state index contributed by atoms with van der Waals surface area (Å²) in [6.07, 6.45) is 0. The van der Waals surface area contributed by atoms with Gasteiger partial charge in [0.1, 0.15) is 0 Å². The van der Waals surface area contributed by atoms with Gasteiger partial charge in [-0.25, -0.2) is 4.79 Å². The topological polar surface area (TPSA) is 98.5 Å². The molecule has 0 spiro atoms. The van der Waals surface area contributed by atoms with Crippen LogP contribution in [-0.4, -0.2) is 23.9 Å². The maximum absolute atomic E-state index is 12.4. The number of nitro groups is 1. The molecule has 0 radical (unpaired) electrons. The molecule has 0 aliphatic carbocycles. The summed E-state index contributed by atoms with van der Waals surface area (Å²) in [6, 6.07) is 9.98. The summed E-state index contributed by atoms with van der Waals surface area (Å²) in [4.78, 5) is 34.5. The van der Waals surface area contributed by atoms with Gasteiger partial charge in [0.2, 0.25) is 0 Å². The first kappa shape index (κ1) is 18.4. The van der Waals surface area contributed by atoms with Gasteiger partial charge in [-0.3, -0.25) is 14.9 Å². The Morgan fingerprint density at radius 1 is 1.20 bits per heavy atom. The van der Waals surface area contributed by atoms with Gasteiger partial charge in [-0.15, -0.1) is 0 Å². The van der Waals surface area contributed by atoms with Crippen molar-refractivity contribution in [2.24, 2.45) is 0 Å². The number of amides is 1. The third kappa shape index (κ3) is 4.33. The predicted molar refractivity (Wildman–Crippen MR) is 91.8 cm³/mol. The van der Waals surface area contributed by atoms with Crippen molar-refractivity contribution in [2.75, 3.05) is 7.11 Å². The van der Waals surface area contributed by atoms with Crippen LogP contribution in [0, 0.1) is 10.1 Å². The predicted octanol–water partition coefficient (Wildman–Crippen LogP) is 3.53. The first-order valence-corrected chi connectivity index (χ1v) is 7.64. The fraction of sp³-hybridized carbons (Fsp3) is 0.176. The fourth-order valence-corrected chi connectivity index (χ4v) is 2.57. The molecule has 1 atom stereocenters. The Bertz CT molecular complexity index is 838. The molecule has 2 aromatic carbocycles. The van der Waals surface area contributed by atoms with E-state index in [1.165, 1.54) is 6.07 Å².